The van der Waals surface area contributed by atoms with Crippen LogP contribution in [0.3, 0.4) is 0 Å². The van der Waals surface area contributed by atoms with E-state index in [0.717, 1.165) is 6.42 Å². The molecule has 2 bridgehead atoms. The first-order valence-electron chi connectivity index (χ1n) is 4.09. The Labute approximate surface area is 98.6 Å². The Balaban J connectivity index is 0.000000845. The van der Waals surface area contributed by atoms with Gasteiger partial charge in [0.2, 0.25) is 0 Å². The van der Waals surface area contributed by atoms with Gasteiger partial charge in [-0.3, -0.25) is 0 Å². The fraction of sp³-hybridized carbons (Fsp3) is 0.875. The molecule has 0 radical (unpaired) electrons. The van der Waals surface area contributed by atoms with Crippen LogP contribution >= 0.6 is 0 Å². The number of aliphatic hydroxyl groups is 1. The quantitative estimate of drug-likeness (QED) is 0.451. The molecule has 0 aromatic carbocycles. The molecule has 3 fully saturated rings. The van der Waals surface area contributed by atoms with Crippen molar-refractivity contribution in [2.75, 3.05) is 13.2 Å². The zero-order valence-corrected chi connectivity index (χ0v) is 9.71. The summed E-state index contributed by atoms with van der Waals surface area (Å²) in [6.07, 6.45) is 1.59. The molecule has 2 aliphatic heterocycles. The third-order valence-electron chi connectivity index (χ3n) is 3.04. The molecule has 13 heavy (non-hydrogen) atoms. The van der Waals surface area contributed by atoms with Crippen molar-refractivity contribution in [2.45, 2.75) is 24.9 Å². The summed E-state index contributed by atoms with van der Waals surface area (Å²) >= 11 is 0. The molecule has 2 heterocycles. The van der Waals surface area contributed by atoms with Gasteiger partial charge in [-0.25, -0.2) is 0 Å². The maximum absolute atomic E-state index is 10.7. The molecule has 68 valence electrons. The number of carbonyl (C=O) groups is 1. The fourth-order valence-corrected chi connectivity index (χ4v) is 2.30. The number of hydrogen-bond donors (Lipinski definition) is 1. The van der Waals surface area contributed by atoms with Gasteiger partial charge in [0.25, 0.3) is 0 Å². The summed E-state index contributed by atoms with van der Waals surface area (Å²) < 4.78 is 5.15. The van der Waals surface area contributed by atoms with E-state index in [0.29, 0.717) is 19.4 Å². The summed E-state index contributed by atoms with van der Waals surface area (Å²) in [6, 6.07) is 0. The Morgan fingerprint density at radius 3 is 2.62 bits per heavy atom. The van der Waals surface area contributed by atoms with E-state index in [4.69, 9.17) is 9.84 Å². The van der Waals surface area contributed by atoms with Gasteiger partial charge < -0.3 is 19.7 Å². The van der Waals surface area contributed by atoms with Crippen molar-refractivity contribution in [3.63, 3.8) is 0 Å². The largest absolute Gasteiger partial charge is 1.00 e. The van der Waals surface area contributed by atoms with Crippen LogP contribution in [0.4, 0.5) is 0 Å². The number of carboxylic acid groups (broad SMARTS) is 1. The van der Waals surface area contributed by atoms with Crippen LogP contribution in [0.2, 0.25) is 0 Å². The number of carboxylic acids is 1. The number of fused-ring (bicyclic) bond motifs is 2. The maximum atomic E-state index is 10.7. The monoisotopic (exact) mass is 194 g/mol. The normalized spacial score (nSPS) is 41.6. The molecule has 1 saturated carbocycles. The van der Waals surface area contributed by atoms with E-state index in [9.17, 15) is 9.90 Å². The van der Waals surface area contributed by atoms with Crippen LogP contribution < -0.4 is 34.7 Å². The predicted octanol–water partition coefficient (Wildman–Crippen LogP) is -4.33. The van der Waals surface area contributed by atoms with Crippen LogP contribution in [0.15, 0.2) is 0 Å². The first-order chi connectivity index (χ1) is 5.63. The van der Waals surface area contributed by atoms with Gasteiger partial charge in [0.05, 0.1) is 5.97 Å². The predicted molar refractivity (Wildman–Crippen MR) is 37.1 cm³/mol. The molecule has 3 rings (SSSR count). The van der Waals surface area contributed by atoms with Gasteiger partial charge in [0.15, 0.2) is 0 Å². The van der Waals surface area contributed by atoms with Crippen LogP contribution in [0, 0.1) is 5.41 Å². The Morgan fingerprint density at radius 1 is 1.54 bits per heavy atom. The third kappa shape index (κ3) is 1.55. The molecule has 0 aromatic heterocycles. The van der Waals surface area contributed by atoms with Crippen LogP contribution in [-0.4, -0.2) is 29.9 Å². The minimum atomic E-state index is -1.13. The number of aliphatic carboxylic acids is 1. The zero-order valence-electron chi connectivity index (χ0n) is 7.71. The van der Waals surface area contributed by atoms with E-state index in [2.05, 4.69) is 0 Å². The van der Waals surface area contributed by atoms with Crippen molar-refractivity contribution >= 4 is 5.97 Å². The molecular formula is C8H11NaO4. The molecule has 0 aromatic rings. The number of carbonyl (C=O) groups excluding carboxylic acids is 1. The first kappa shape index (κ1) is 11.5. The second kappa shape index (κ2) is 3.51. The van der Waals surface area contributed by atoms with Gasteiger partial charge in [-0.2, -0.15) is 0 Å². The summed E-state index contributed by atoms with van der Waals surface area (Å²) in [5.74, 6) is -1.13. The van der Waals surface area contributed by atoms with E-state index in [1.54, 1.807) is 0 Å². The summed E-state index contributed by atoms with van der Waals surface area (Å²) in [6.45, 7) is 0.486. The second-order valence-electron chi connectivity index (χ2n) is 3.89. The summed E-state index contributed by atoms with van der Waals surface area (Å²) in [5.41, 5.74) is -1.25. The van der Waals surface area contributed by atoms with Crippen LogP contribution in [0.5, 0.6) is 0 Å². The Kier molecular flexibility index (Phi) is 3.10. The fourth-order valence-electron chi connectivity index (χ4n) is 2.30. The zero-order chi connectivity index (χ0) is 8.82. The minimum Gasteiger partial charge on any atom is -0.547 e. The number of hydrogen-bond acceptors (Lipinski definition) is 4. The molecule has 5 heteroatoms. The second-order valence-corrected chi connectivity index (χ2v) is 3.89. The van der Waals surface area contributed by atoms with Crippen molar-refractivity contribution in [1.82, 2.24) is 0 Å². The summed E-state index contributed by atoms with van der Waals surface area (Å²) in [5, 5.41) is 19.7. The van der Waals surface area contributed by atoms with Crippen LogP contribution in [0.1, 0.15) is 19.3 Å². The summed E-state index contributed by atoms with van der Waals surface area (Å²) in [7, 11) is 0. The van der Waals surface area contributed by atoms with Gasteiger partial charge in [0.1, 0.15) is 5.60 Å². The van der Waals surface area contributed by atoms with E-state index >= 15 is 0 Å². The van der Waals surface area contributed by atoms with Crippen LogP contribution in [-0.2, 0) is 9.53 Å². The van der Waals surface area contributed by atoms with Crippen molar-refractivity contribution in [2.24, 2.45) is 5.41 Å². The topological polar surface area (TPSA) is 69.6 Å². The van der Waals surface area contributed by atoms with Crippen LogP contribution in [0.25, 0.3) is 0 Å². The molecule has 0 amide bonds. The minimum absolute atomic E-state index is 0. The van der Waals surface area contributed by atoms with Gasteiger partial charge in [0, 0.05) is 18.6 Å². The molecule has 2 saturated heterocycles. The number of ether oxygens (including phenoxy) is 1. The Hall–Kier alpha value is 0.390. The van der Waals surface area contributed by atoms with Crippen molar-refractivity contribution < 1.29 is 49.3 Å². The molecule has 0 atom stereocenters. The van der Waals surface area contributed by atoms with Crippen molar-refractivity contribution in [3.8, 4) is 0 Å². The van der Waals surface area contributed by atoms with E-state index in [-0.39, 0.29) is 41.6 Å². The molecule has 0 spiro atoms. The molecule has 1 aliphatic carbocycles. The van der Waals surface area contributed by atoms with Gasteiger partial charge in [-0.1, -0.05) is 0 Å². The molecule has 3 aliphatic rings. The van der Waals surface area contributed by atoms with Crippen molar-refractivity contribution in [3.05, 3.63) is 0 Å². The number of aliphatic hydroxyl groups excluding tert-OH is 1. The van der Waals surface area contributed by atoms with E-state index in [1.165, 1.54) is 0 Å². The van der Waals surface area contributed by atoms with Gasteiger partial charge in [-0.05, 0) is 19.3 Å². The SMILES string of the molecule is O=C([O-])C12CC(CO)(CCO1)C2.[Na+]. The molecular weight excluding hydrogens is 183 g/mol. The van der Waals surface area contributed by atoms with Crippen molar-refractivity contribution in [1.29, 1.82) is 0 Å². The average molecular weight is 194 g/mol. The van der Waals surface area contributed by atoms with E-state index < -0.39 is 11.6 Å². The third-order valence-corrected chi connectivity index (χ3v) is 3.04. The van der Waals surface area contributed by atoms with Gasteiger partial charge >= 0.3 is 29.6 Å². The number of rotatable bonds is 2. The summed E-state index contributed by atoms with van der Waals surface area (Å²) in [4.78, 5) is 10.7. The molecule has 1 N–H and O–H groups in total. The van der Waals surface area contributed by atoms with Gasteiger partial charge in [-0.15, -0.1) is 0 Å². The smallest absolute Gasteiger partial charge is 0.547 e. The average Bonchev–Trinajstić information content (AvgIpc) is 2.03. The molecule has 0 unspecified atom stereocenters. The maximum Gasteiger partial charge on any atom is 1.00 e. The first-order valence-corrected chi connectivity index (χ1v) is 4.09. The standard InChI is InChI=1S/C8H12O4.Na/c9-5-7-1-2-12-8(3-7,4-7)6(10)11;/h9H,1-5H2,(H,10,11);/q;+1/p-1. The van der Waals surface area contributed by atoms with E-state index in [1.807, 2.05) is 0 Å². The Morgan fingerprint density at radius 2 is 2.15 bits per heavy atom. The molecule has 4 nitrogen and oxygen atoms in total. The Bertz CT molecular complexity index is 222.